The summed E-state index contributed by atoms with van der Waals surface area (Å²) in [5.74, 6) is -0.501. The van der Waals surface area contributed by atoms with Gasteiger partial charge in [0.1, 0.15) is 12.5 Å². The minimum Gasteiger partial charge on any atom is -0.378 e. The molecule has 3 unspecified atom stereocenters. The Hall–Kier alpha value is -1.09. The smallest absolute Gasteiger partial charge is 0.266 e. The van der Waals surface area contributed by atoms with Crippen LogP contribution in [0.1, 0.15) is 57.8 Å². The average Bonchev–Trinajstić information content (AvgIpc) is 2.90. The zero-order valence-corrected chi connectivity index (χ0v) is 25.4. The van der Waals surface area contributed by atoms with Crippen LogP contribution in [0.15, 0.2) is 0 Å². The first-order valence-corrected chi connectivity index (χ1v) is 17.2. The first-order chi connectivity index (χ1) is 19.6. The van der Waals surface area contributed by atoms with Gasteiger partial charge in [-0.25, -0.2) is 4.39 Å². The number of halogens is 2. The minimum absolute atomic E-state index is 0.00709. The molecule has 4 N–H and O–H groups in total. The van der Waals surface area contributed by atoms with Crippen molar-refractivity contribution < 1.29 is 31.7 Å². The largest absolute Gasteiger partial charge is 0.378 e. The molecule has 1 aliphatic carbocycles. The van der Waals surface area contributed by atoms with Crippen molar-refractivity contribution in [3.8, 4) is 0 Å². The Morgan fingerprint density at radius 3 is 2.41 bits per heavy atom. The summed E-state index contributed by atoms with van der Waals surface area (Å²) in [6, 6.07) is 0. The molecule has 0 aromatic heterocycles. The van der Waals surface area contributed by atoms with Crippen molar-refractivity contribution in [2.45, 2.75) is 81.7 Å². The van der Waals surface area contributed by atoms with E-state index in [1.54, 1.807) is 4.90 Å². The lowest BCUT2D eigenvalue weighted by atomic mass is 9.82. The summed E-state index contributed by atoms with van der Waals surface area (Å²) < 4.78 is 51.1. The zero-order valence-electron chi connectivity index (χ0n) is 23.8. The third-order valence-corrected chi connectivity index (χ3v) is 9.98. The van der Waals surface area contributed by atoms with E-state index in [1.165, 1.54) is 12.8 Å². The van der Waals surface area contributed by atoms with Gasteiger partial charge >= 0.3 is 0 Å². The third kappa shape index (κ3) is 10.8. The van der Waals surface area contributed by atoms with Gasteiger partial charge in [0.05, 0.1) is 17.2 Å². The molecule has 4 rings (SSSR count). The van der Waals surface area contributed by atoms with Crippen LogP contribution in [-0.2, 0) is 24.4 Å². The number of ether oxygens (including phenoxy) is 1. The second kappa shape index (κ2) is 15.6. The van der Waals surface area contributed by atoms with Crippen molar-refractivity contribution in [1.82, 2.24) is 25.8 Å². The summed E-state index contributed by atoms with van der Waals surface area (Å²) in [4.78, 5) is 28.6. The first kappa shape index (κ1) is 32.8. The number of nitrogens with one attached hydrogen (secondary N) is 3. The molecule has 2 amide bonds. The highest BCUT2D eigenvalue weighted by Gasteiger charge is 2.37. The molecule has 0 spiro atoms. The van der Waals surface area contributed by atoms with Gasteiger partial charge in [-0.2, -0.15) is 8.42 Å². The van der Waals surface area contributed by atoms with Crippen molar-refractivity contribution in [2.24, 2.45) is 17.8 Å². The maximum atomic E-state index is 14.9. The number of piperidine rings is 1. The third-order valence-electron chi connectivity index (χ3n) is 8.95. The lowest BCUT2D eigenvalue weighted by Crippen LogP contribution is -2.62. The summed E-state index contributed by atoms with van der Waals surface area (Å²) in [6.45, 7) is 5.21. The topological polar surface area (TPSA) is 140 Å². The van der Waals surface area contributed by atoms with Gasteiger partial charge in [-0.1, -0.05) is 0 Å². The monoisotopic (exact) mass is 623 g/mol. The van der Waals surface area contributed by atoms with E-state index in [4.69, 9.17) is 20.9 Å². The number of likely N-dealkylation sites (tertiary alicyclic amines) is 2. The molecule has 4 fully saturated rings. The Balaban J connectivity index is 1.02. The highest BCUT2D eigenvalue weighted by molar-refractivity contribution is 7.85. The van der Waals surface area contributed by atoms with Crippen molar-refractivity contribution in [3.63, 3.8) is 0 Å². The summed E-state index contributed by atoms with van der Waals surface area (Å²) >= 11 is 6.14. The Morgan fingerprint density at radius 1 is 1.05 bits per heavy atom. The van der Waals surface area contributed by atoms with E-state index in [-0.39, 0.29) is 60.8 Å². The van der Waals surface area contributed by atoms with Crippen LogP contribution >= 0.6 is 11.6 Å². The molecule has 0 aromatic rings. The molecule has 3 heterocycles. The van der Waals surface area contributed by atoms with E-state index in [9.17, 15) is 22.4 Å². The van der Waals surface area contributed by atoms with Crippen LogP contribution in [0.25, 0.3) is 0 Å². The van der Waals surface area contributed by atoms with Gasteiger partial charge < -0.3 is 15.0 Å². The van der Waals surface area contributed by atoms with Crippen LogP contribution in [0, 0.1) is 17.8 Å². The Kier molecular flexibility index (Phi) is 12.5. The summed E-state index contributed by atoms with van der Waals surface area (Å²) in [7, 11) is -4.11. The van der Waals surface area contributed by atoms with Crippen molar-refractivity contribution in [2.75, 3.05) is 58.2 Å². The maximum absolute atomic E-state index is 14.9. The molecule has 0 radical (unpaired) electrons. The van der Waals surface area contributed by atoms with Gasteiger partial charge in [0.2, 0.25) is 11.8 Å². The fourth-order valence-corrected chi connectivity index (χ4v) is 6.97. The van der Waals surface area contributed by atoms with Crippen LogP contribution in [-0.4, -0.2) is 117 Å². The van der Waals surface area contributed by atoms with Gasteiger partial charge in [0, 0.05) is 77.6 Å². The Morgan fingerprint density at radius 2 is 1.76 bits per heavy atom. The molecule has 11 nitrogen and oxygen atoms in total. The standard InChI is InChI=1S/C27H47ClFN5O6S/c28-22-15-31-27(32-16-22)33-8-5-19(6-9-33)2-1-10-40-23-4-3-21(24(29)14-23)13-26(36)34-17-20(18-34)12-25(35)30-7-11-41(37,38)39/h19-24,27,31-32H,1-18H2,(H,30,35)(H,37,38,39). The van der Waals surface area contributed by atoms with E-state index < -0.39 is 22.0 Å². The van der Waals surface area contributed by atoms with Crippen LogP contribution in [0.5, 0.6) is 0 Å². The fourth-order valence-electron chi connectivity index (χ4n) is 6.44. The van der Waals surface area contributed by atoms with Gasteiger partial charge in [-0.15, -0.1) is 11.6 Å². The summed E-state index contributed by atoms with van der Waals surface area (Å²) in [5, 5.41) is 9.54. The molecule has 236 valence electrons. The Bertz CT molecular complexity index is 958. The van der Waals surface area contributed by atoms with Gasteiger partial charge in [0.25, 0.3) is 10.1 Å². The molecule has 0 bridgehead atoms. The van der Waals surface area contributed by atoms with Crippen molar-refractivity contribution >= 4 is 33.5 Å². The quantitative estimate of drug-likeness (QED) is 0.136. The number of carbonyl (C=O) groups is 2. The predicted molar refractivity (Wildman–Crippen MR) is 154 cm³/mol. The molecule has 0 aromatic carbocycles. The van der Waals surface area contributed by atoms with E-state index in [0.717, 1.165) is 45.4 Å². The predicted octanol–water partition coefficient (Wildman–Crippen LogP) is 1.33. The molecule has 3 saturated heterocycles. The number of alkyl halides is 2. The van der Waals surface area contributed by atoms with Crippen LogP contribution in [0.2, 0.25) is 0 Å². The van der Waals surface area contributed by atoms with Gasteiger partial charge in [-0.3, -0.25) is 29.7 Å². The van der Waals surface area contributed by atoms with E-state index >= 15 is 0 Å². The number of nitrogens with zero attached hydrogens (tertiary/aromatic N) is 2. The normalized spacial score (nSPS) is 30.6. The Labute approximate surface area is 248 Å². The molecule has 3 aliphatic heterocycles. The van der Waals surface area contributed by atoms with Crippen molar-refractivity contribution in [3.05, 3.63) is 0 Å². The fraction of sp³-hybridized carbons (Fsp3) is 0.926. The summed E-state index contributed by atoms with van der Waals surface area (Å²) in [5.41, 5.74) is 0. The highest BCUT2D eigenvalue weighted by atomic mass is 35.5. The van der Waals surface area contributed by atoms with Crippen LogP contribution < -0.4 is 16.0 Å². The molecular formula is C27H47ClFN5O6S. The number of carbonyl (C=O) groups excluding carboxylic acids is 2. The minimum atomic E-state index is -4.11. The number of rotatable bonds is 13. The molecule has 3 atom stereocenters. The average molecular weight is 624 g/mol. The lowest BCUT2D eigenvalue weighted by molar-refractivity contribution is -0.141. The maximum Gasteiger partial charge on any atom is 0.266 e. The van der Waals surface area contributed by atoms with E-state index in [1.807, 2.05) is 0 Å². The highest BCUT2D eigenvalue weighted by Crippen LogP contribution is 2.33. The van der Waals surface area contributed by atoms with Crippen molar-refractivity contribution in [1.29, 1.82) is 0 Å². The van der Waals surface area contributed by atoms with Gasteiger partial charge in [0.15, 0.2) is 0 Å². The van der Waals surface area contributed by atoms with Crippen LogP contribution in [0.3, 0.4) is 0 Å². The summed E-state index contributed by atoms with van der Waals surface area (Å²) in [6.07, 6.45) is 5.69. The molecule has 41 heavy (non-hydrogen) atoms. The molecule has 1 saturated carbocycles. The zero-order chi connectivity index (χ0) is 29.4. The number of hydrogen-bond acceptors (Lipinski definition) is 8. The number of amides is 2. The lowest BCUT2D eigenvalue weighted by Gasteiger charge is -2.41. The van der Waals surface area contributed by atoms with E-state index in [2.05, 4.69) is 20.9 Å². The SMILES string of the molecule is O=C(CC1CN(C(=O)CC2CCC(OCCCC3CCN(C4NCC(Cl)CN4)CC3)CC2F)C1)NCCS(=O)(=O)O. The number of hydrogen-bond donors (Lipinski definition) is 4. The van der Waals surface area contributed by atoms with Gasteiger partial charge in [-0.05, 0) is 50.4 Å². The first-order valence-electron chi connectivity index (χ1n) is 15.2. The second-order valence-electron chi connectivity index (χ2n) is 12.2. The van der Waals surface area contributed by atoms with Crippen LogP contribution in [0.4, 0.5) is 4.39 Å². The molecule has 4 aliphatic rings. The molecule has 14 heteroatoms. The second-order valence-corrected chi connectivity index (χ2v) is 14.4. The van der Waals surface area contributed by atoms with E-state index in [0.29, 0.717) is 38.5 Å². The molecular weight excluding hydrogens is 577 g/mol.